The van der Waals surface area contributed by atoms with Gasteiger partial charge in [-0.2, -0.15) is 0 Å². The van der Waals surface area contributed by atoms with Crippen molar-refractivity contribution in [2.45, 2.75) is 0 Å². The molecule has 0 aliphatic heterocycles. The van der Waals surface area contributed by atoms with E-state index in [2.05, 4.69) is 14.8 Å². The van der Waals surface area contributed by atoms with Crippen molar-refractivity contribution < 1.29 is 19.1 Å². The van der Waals surface area contributed by atoms with Crippen LogP contribution in [0.15, 0.2) is 0 Å². The largest absolute Gasteiger partial charge is 0.468 e. The quantitative estimate of drug-likeness (QED) is 0.544. The maximum atomic E-state index is 11.0. The highest BCUT2D eigenvalue weighted by Gasteiger charge is 2.14. The number of hydrogen-bond donors (Lipinski definition) is 1. The normalized spacial score (nSPS) is 10.1. The summed E-state index contributed by atoms with van der Waals surface area (Å²) in [5, 5.41) is 2.93. The molecule has 0 aromatic rings. The van der Waals surface area contributed by atoms with Crippen molar-refractivity contribution in [3.63, 3.8) is 0 Å². The molecule has 0 aromatic heterocycles. The number of esters is 2. The fourth-order valence-corrected chi connectivity index (χ4v) is 0.978. The second-order valence-electron chi connectivity index (χ2n) is 2.97. The zero-order valence-corrected chi connectivity index (χ0v) is 9.41. The Bertz CT molecular complexity index is 190. The van der Waals surface area contributed by atoms with Gasteiger partial charge in [0.1, 0.15) is 0 Å². The lowest BCUT2D eigenvalue weighted by Crippen LogP contribution is -2.39. The molecule has 0 aromatic carbocycles. The highest BCUT2D eigenvalue weighted by Crippen LogP contribution is 1.90. The highest BCUT2D eigenvalue weighted by atomic mass is 16.5. The molecular weight excluding hydrogens is 200 g/mol. The van der Waals surface area contributed by atoms with Crippen molar-refractivity contribution in [1.82, 2.24) is 10.2 Å². The number of ether oxygens (including phenoxy) is 2. The molecule has 0 atom stereocenters. The van der Waals surface area contributed by atoms with Gasteiger partial charge < -0.3 is 14.8 Å². The molecule has 0 bridgehead atoms. The molecule has 0 aliphatic rings. The number of hydrogen-bond acceptors (Lipinski definition) is 6. The topological polar surface area (TPSA) is 67.9 Å². The van der Waals surface area contributed by atoms with Gasteiger partial charge in [0.25, 0.3) is 0 Å². The van der Waals surface area contributed by atoms with Crippen LogP contribution in [0, 0.1) is 0 Å². The molecule has 6 nitrogen and oxygen atoms in total. The van der Waals surface area contributed by atoms with E-state index in [-0.39, 0.29) is 25.0 Å². The van der Waals surface area contributed by atoms with Crippen LogP contribution in [0.3, 0.4) is 0 Å². The third-order valence-electron chi connectivity index (χ3n) is 1.84. The van der Waals surface area contributed by atoms with Crippen molar-refractivity contribution in [3.8, 4) is 0 Å². The molecule has 0 saturated carbocycles. The molecule has 15 heavy (non-hydrogen) atoms. The van der Waals surface area contributed by atoms with Crippen LogP contribution in [0.5, 0.6) is 0 Å². The van der Waals surface area contributed by atoms with Gasteiger partial charge in [-0.1, -0.05) is 0 Å². The smallest absolute Gasteiger partial charge is 0.319 e. The molecule has 0 heterocycles. The maximum Gasteiger partial charge on any atom is 0.319 e. The Balaban J connectivity index is 4.05. The van der Waals surface area contributed by atoms with E-state index in [1.807, 2.05) is 0 Å². The Morgan fingerprint density at radius 3 is 1.93 bits per heavy atom. The lowest BCUT2D eigenvalue weighted by Gasteiger charge is -2.19. The summed E-state index contributed by atoms with van der Waals surface area (Å²) in [6.45, 7) is 1.45. The van der Waals surface area contributed by atoms with Crippen molar-refractivity contribution in [2.24, 2.45) is 0 Å². The van der Waals surface area contributed by atoms with Crippen LogP contribution in [0.2, 0.25) is 0 Å². The fourth-order valence-electron chi connectivity index (χ4n) is 0.978. The number of likely N-dealkylation sites (N-methyl/N-ethyl adjacent to an activating group) is 1. The Kier molecular flexibility index (Phi) is 7.57. The lowest BCUT2D eigenvalue weighted by atomic mass is 10.4. The average molecular weight is 218 g/mol. The average Bonchev–Trinajstić information content (AvgIpc) is 2.25. The number of rotatable bonds is 7. The summed E-state index contributed by atoms with van der Waals surface area (Å²) in [7, 11) is 4.43. The predicted octanol–water partition coefficient (Wildman–Crippen LogP) is -1.15. The summed E-state index contributed by atoms with van der Waals surface area (Å²) in [4.78, 5) is 23.7. The summed E-state index contributed by atoms with van der Waals surface area (Å²) in [5.74, 6) is -0.731. The van der Waals surface area contributed by atoms with Crippen LogP contribution < -0.4 is 5.32 Å². The van der Waals surface area contributed by atoms with Gasteiger partial charge in [-0.05, 0) is 7.05 Å². The first-order valence-electron chi connectivity index (χ1n) is 4.64. The van der Waals surface area contributed by atoms with Crippen molar-refractivity contribution in [2.75, 3.05) is 47.4 Å². The van der Waals surface area contributed by atoms with Crippen molar-refractivity contribution in [3.05, 3.63) is 0 Å². The van der Waals surface area contributed by atoms with E-state index in [4.69, 9.17) is 0 Å². The van der Waals surface area contributed by atoms with E-state index in [9.17, 15) is 9.59 Å². The molecule has 0 saturated heterocycles. The molecule has 6 heteroatoms. The van der Waals surface area contributed by atoms with Gasteiger partial charge in [0.2, 0.25) is 0 Å². The van der Waals surface area contributed by atoms with E-state index in [0.29, 0.717) is 13.1 Å². The molecule has 1 N–H and O–H groups in total. The van der Waals surface area contributed by atoms with Gasteiger partial charge in [0.15, 0.2) is 0 Å². The first-order valence-corrected chi connectivity index (χ1v) is 4.64. The van der Waals surface area contributed by atoms with Crippen LogP contribution in [0.25, 0.3) is 0 Å². The third kappa shape index (κ3) is 6.87. The molecule has 0 aliphatic carbocycles. The van der Waals surface area contributed by atoms with Gasteiger partial charge in [-0.15, -0.1) is 0 Å². The van der Waals surface area contributed by atoms with Crippen molar-refractivity contribution in [1.29, 1.82) is 0 Å². The van der Waals surface area contributed by atoms with Gasteiger partial charge in [-0.25, -0.2) is 0 Å². The minimum Gasteiger partial charge on any atom is -0.468 e. The minimum absolute atomic E-state index is 0.0906. The number of carbonyl (C=O) groups is 2. The molecule has 0 fully saturated rings. The summed E-state index contributed by atoms with van der Waals surface area (Å²) in [6.07, 6.45) is 0. The van der Waals surface area contributed by atoms with Crippen LogP contribution in [-0.2, 0) is 19.1 Å². The standard InChI is InChI=1S/C9H18N2O4/c1-10-4-5-11(6-8(12)14-2)7-9(13)15-3/h10H,4-7H2,1-3H3. The first kappa shape index (κ1) is 13.9. The van der Waals surface area contributed by atoms with Crippen molar-refractivity contribution >= 4 is 11.9 Å². The zero-order chi connectivity index (χ0) is 11.7. The van der Waals surface area contributed by atoms with Gasteiger partial charge in [-0.3, -0.25) is 14.5 Å². The fraction of sp³-hybridized carbons (Fsp3) is 0.778. The molecule has 0 rings (SSSR count). The summed E-state index contributed by atoms with van der Waals surface area (Å²) in [5.41, 5.74) is 0. The van der Waals surface area contributed by atoms with Crippen LogP contribution in [0.1, 0.15) is 0 Å². The summed E-state index contributed by atoms with van der Waals surface area (Å²) in [6, 6.07) is 0. The van der Waals surface area contributed by atoms with E-state index < -0.39 is 0 Å². The molecule has 0 radical (unpaired) electrons. The summed E-state index contributed by atoms with van der Waals surface area (Å²) < 4.78 is 9.05. The SMILES string of the molecule is CNCCN(CC(=O)OC)CC(=O)OC. The Labute approximate surface area is 89.5 Å². The van der Waals surface area contributed by atoms with E-state index in [1.54, 1.807) is 11.9 Å². The molecular formula is C9H18N2O4. The van der Waals surface area contributed by atoms with Gasteiger partial charge in [0.05, 0.1) is 27.3 Å². The Morgan fingerprint density at radius 2 is 1.60 bits per heavy atom. The number of nitrogens with one attached hydrogen (secondary N) is 1. The molecule has 88 valence electrons. The predicted molar refractivity (Wildman–Crippen MR) is 54.4 cm³/mol. The first-order chi connectivity index (χ1) is 7.13. The second kappa shape index (κ2) is 8.19. The minimum atomic E-state index is -0.366. The van der Waals surface area contributed by atoms with Crippen LogP contribution in [-0.4, -0.2) is 64.3 Å². The van der Waals surface area contributed by atoms with E-state index in [0.717, 1.165) is 0 Å². The van der Waals surface area contributed by atoms with Gasteiger partial charge in [0, 0.05) is 13.1 Å². The Morgan fingerprint density at radius 1 is 1.13 bits per heavy atom. The van der Waals surface area contributed by atoms with Crippen LogP contribution in [0.4, 0.5) is 0 Å². The van der Waals surface area contributed by atoms with Gasteiger partial charge >= 0.3 is 11.9 Å². The maximum absolute atomic E-state index is 11.0. The molecule has 0 amide bonds. The van der Waals surface area contributed by atoms with Crippen LogP contribution >= 0.6 is 0 Å². The highest BCUT2D eigenvalue weighted by molar-refractivity contribution is 5.74. The molecule has 0 spiro atoms. The number of nitrogens with zero attached hydrogens (tertiary/aromatic N) is 1. The molecule has 0 unspecified atom stereocenters. The zero-order valence-electron chi connectivity index (χ0n) is 9.41. The number of methoxy groups -OCH3 is 2. The monoisotopic (exact) mass is 218 g/mol. The Hall–Kier alpha value is -1.14. The third-order valence-corrected chi connectivity index (χ3v) is 1.84. The second-order valence-corrected chi connectivity index (χ2v) is 2.97. The summed E-state index contributed by atoms with van der Waals surface area (Å²) >= 11 is 0. The lowest BCUT2D eigenvalue weighted by molar-refractivity contribution is -0.145. The van der Waals surface area contributed by atoms with E-state index in [1.165, 1.54) is 14.2 Å². The number of carbonyl (C=O) groups excluding carboxylic acids is 2. The van der Waals surface area contributed by atoms with E-state index >= 15 is 0 Å².